The second-order valence-corrected chi connectivity index (χ2v) is 5.07. The highest BCUT2D eigenvalue weighted by atomic mass is 15.1. The Labute approximate surface area is 88.8 Å². The Bertz CT molecular complexity index is 158. The van der Waals surface area contributed by atoms with Crippen LogP contribution in [0.5, 0.6) is 0 Å². The molecule has 1 rings (SSSR count). The van der Waals surface area contributed by atoms with Crippen molar-refractivity contribution in [1.29, 1.82) is 0 Å². The fraction of sp³-hybridized carbons (Fsp3) is 1.00. The predicted molar refractivity (Wildman–Crippen MR) is 62.3 cm³/mol. The molecule has 1 aliphatic rings. The molecule has 0 aliphatic heterocycles. The average molecular weight is 198 g/mol. The minimum atomic E-state index is 0.416. The first-order valence-electron chi connectivity index (χ1n) is 6.07. The van der Waals surface area contributed by atoms with Gasteiger partial charge in [0.25, 0.3) is 0 Å². The molecule has 0 bridgehead atoms. The van der Waals surface area contributed by atoms with Crippen molar-refractivity contribution in [3.63, 3.8) is 0 Å². The number of hydrogen-bond donors (Lipinski definition) is 1. The molecule has 2 N–H and O–H groups in total. The predicted octanol–water partition coefficient (Wildman–Crippen LogP) is 2.09. The molecule has 0 saturated heterocycles. The van der Waals surface area contributed by atoms with Gasteiger partial charge in [-0.25, -0.2) is 0 Å². The van der Waals surface area contributed by atoms with Crippen LogP contribution in [0.15, 0.2) is 0 Å². The van der Waals surface area contributed by atoms with Crippen LogP contribution in [-0.2, 0) is 0 Å². The van der Waals surface area contributed by atoms with Crippen LogP contribution in [0.3, 0.4) is 0 Å². The van der Waals surface area contributed by atoms with Gasteiger partial charge in [0.1, 0.15) is 0 Å². The Balaban J connectivity index is 1.99. The normalized spacial score (nSPS) is 28.1. The summed E-state index contributed by atoms with van der Waals surface area (Å²) in [6.07, 6.45) is 4.98. The highest BCUT2D eigenvalue weighted by Gasteiger charge is 2.32. The van der Waals surface area contributed by atoms with E-state index >= 15 is 0 Å². The van der Waals surface area contributed by atoms with Gasteiger partial charge < -0.3 is 10.6 Å². The van der Waals surface area contributed by atoms with Crippen molar-refractivity contribution in [2.24, 2.45) is 17.6 Å². The summed E-state index contributed by atoms with van der Waals surface area (Å²) in [6, 6.07) is 0.416. The molecule has 14 heavy (non-hydrogen) atoms. The summed E-state index contributed by atoms with van der Waals surface area (Å²) in [5.74, 6) is 1.95. The van der Waals surface area contributed by atoms with E-state index in [2.05, 4.69) is 25.8 Å². The van der Waals surface area contributed by atoms with Crippen LogP contribution in [0.25, 0.3) is 0 Å². The molecule has 2 nitrogen and oxygen atoms in total. The molecule has 0 aromatic carbocycles. The smallest absolute Gasteiger partial charge is 0.00509 e. The van der Waals surface area contributed by atoms with Crippen molar-refractivity contribution < 1.29 is 0 Å². The number of hydrogen-bond acceptors (Lipinski definition) is 2. The molecule has 84 valence electrons. The maximum atomic E-state index is 5.98. The zero-order valence-corrected chi connectivity index (χ0v) is 10.00. The lowest BCUT2D eigenvalue weighted by atomic mass is 10.1. The SMILES string of the molecule is CCCC(N)CCN(C)CC1CC1C. The van der Waals surface area contributed by atoms with Crippen LogP contribution in [-0.4, -0.2) is 31.1 Å². The standard InChI is InChI=1S/C12H26N2/c1-4-5-12(13)6-7-14(3)9-11-8-10(11)2/h10-12H,4-9,13H2,1-3H3. The summed E-state index contributed by atoms with van der Waals surface area (Å²) in [5, 5.41) is 0. The Hall–Kier alpha value is -0.0800. The zero-order valence-electron chi connectivity index (χ0n) is 10.00. The van der Waals surface area contributed by atoms with Gasteiger partial charge in [0.2, 0.25) is 0 Å². The molecule has 3 atom stereocenters. The molecule has 2 heteroatoms. The van der Waals surface area contributed by atoms with Crippen molar-refractivity contribution in [2.45, 2.75) is 45.6 Å². The van der Waals surface area contributed by atoms with Gasteiger partial charge in [-0.05, 0) is 44.7 Å². The summed E-state index contributed by atoms with van der Waals surface area (Å²) in [7, 11) is 2.23. The third-order valence-corrected chi connectivity index (χ3v) is 3.36. The summed E-state index contributed by atoms with van der Waals surface area (Å²) >= 11 is 0. The maximum absolute atomic E-state index is 5.98. The van der Waals surface area contributed by atoms with E-state index in [1.54, 1.807) is 0 Å². The summed E-state index contributed by atoms with van der Waals surface area (Å²) in [4.78, 5) is 2.45. The lowest BCUT2D eigenvalue weighted by Gasteiger charge is -2.18. The van der Waals surface area contributed by atoms with Crippen molar-refractivity contribution in [3.8, 4) is 0 Å². The quantitative estimate of drug-likeness (QED) is 0.679. The third kappa shape index (κ3) is 4.43. The molecular weight excluding hydrogens is 172 g/mol. The van der Waals surface area contributed by atoms with Crippen molar-refractivity contribution in [1.82, 2.24) is 4.90 Å². The fourth-order valence-corrected chi connectivity index (χ4v) is 2.05. The lowest BCUT2D eigenvalue weighted by molar-refractivity contribution is 0.298. The fourth-order valence-electron chi connectivity index (χ4n) is 2.05. The first kappa shape index (κ1) is 12.0. The average Bonchev–Trinajstić information content (AvgIpc) is 2.79. The Morgan fingerprint density at radius 3 is 2.57 bits per heavy atom. The minimum absolute atomic E-state index is 0.416. The van der Waals surface area contributed by atoms with E-state index in [1.165, 1.54) is 32.4 Å². The summed E-state index contributed by atoms with van der Waals surface area (Å²) in [6.45, 7) is 7.00. The molecule has 1 saturated carbocycles. The molecule has 0 heterocycles. The molecule has 0 aromatic rings. The monoisotopic (exact) mass is 198 g/mol. The van der Waals surface area contributed by atoms with E-state index in [4.69, 9.17) is 5.73 Å². The Morgan fingerprint density at radius 2 is 2.07 bits per heavy atom. The van der Waals surface area contributed by atoms with Crippen LogP contribution >= 0.6 is 0 Å². The molecular formula is C12H26N2. The molecule has 0 amide bonds. The highest BCUT2D eigenvalue weighted by molar-refractivity contribution is 4.84. The number of rotatable bonds is 7. The zero-order chi connectivity index (χ0) is 10.6. The Morgan fingerprint density at radius 1 is 1.43 bits per heavy atom. The number of nitrogens with zero attached hydrogens (tertiary/aromatic N) is 1. The minimum Gasteiger partial charge on any atom is -0.328 e. The van der Waals surface area contributed by atoms with Gasteiger partial charge in [-0.15, -0.1) is 0 Å². The first-order chi connectivity index (χ1) is 6.63. The third-order valence-electron chi connectivity index (χ3n) is 3.36. The van der Waals surface area contributed by atoms with Crippen LogP contribution in [0.2, 0.25) is 0 Å². The van der Waals surface area contributed by atoms with Gasteiger partial charge in [-0.1, -0.05) is 20.3 Å². The number of nitrogens with two attached hydrogens (primary N) is 1. The molecule has 0 aromatic heterocycles. The second-order valence-electron chi connectivity index (χ2n) is 5.07. The van der Waals surface area contributed by atoms with Gasteiger partial charge in [-0.3, -0.25) is 0 Å². The first-order valence-corrected chi connectivity index (χ1v) is 6.07. The van der Waals surface area contributed by atoms with Crippen LogP contribution in [0.1, 0.15) is 39.5 Å². The van der Waals surface area contributed by atoms with Gasteiger partial charge in [0, 0.05) is 12.6 Å². The van der Waals surface area contributed by atoms with Gasteiger partial charge in [0.15, 0.2) is 0 Å². The van der Waals surface area contributed by atoms with Crippen LogP contribution in [0, 0.1) is 11.8 Å². The van der Waals surface area contributed by atoms with Crippen molar-refractivity contribution in [2.75, 3.05) is 20.1 Å². The highest BCUT2D eigenvalue weighted by Crippen LogP contribution is 2.37. The molecule has 1 fully saturated rings. The van der Waals surface area contributed by atoms with Crippen LogP contribution < -0.4 is 5.73 Å². The maximum Gasteiger partial charge on any atom is 0.00509 e. The van der Waals surface area contributed by atoms with Crippen molar-refractivity contribution >= 4 is 0 Å². The molecule has 0 radical (unpaired) electrons. The summed E-state index contributed by atoms with van der Waals surface area (Å²) in [5.41, 5.74) is 5.98. The molecule has 3 unspecified atom stereocenters. The second kappa shape index (κ2) is 5.72. The summed E-state index contributed by atoms with van der Waals surface area (Å²) < 4.78 is 0. The van der Waals surface area contributed by atoms with E-state index in [1.807, 2.05) is 0 Å². The van der Waals surface area contributed by atoms with Gasteiger partial charge in [-0.2, -0.15) is 0 Å². The molecule has 0 spiro atoms. The Kier molecular flexibility index (Phi) is 4.90. The van der Waals surface area contributed by atoms with Crippen molar-refractivity contribution in [3.05, 3.63) is 0 Å². The van der Waals surface area contributed by atoms with Gasteiger partial charge in [0.05, 0.1) is 0 Å². The van der Waals surface area contributed by atoms with E-state index in [-0.39, 0.29) is 0 Å². The topological polar surface area (TPSA) is 29.3 Å². The van der Waals surface area contributed by atoms with E-state index in [0.717, 1.165) is 18.3 Å². The lowest BCUT2D eigenvalue weighted by Crippen LogP contribution is -2.29. The molecule has 1 aliphatic carbocycles. The van der Waals surface area contributed by atoms with E-state index < -0.39 is 0 Å². The largest absolute Gasteiger partial charge is 0.328 e. The van der Waals surface area contributed by atoms with E-state index in [0.29, 0.717) is 6.04 Å². The van der Waals surface area contributed by atoms with Gasteiger partial charge >= 0.3 is 0 Å². The van der Waals surface area contributed by atoms with E-state index in [9.17, 15) is 0 Å². The van der Waals surface area contributed by atoms with Crippen LogP contribution in [0.4, 0.5) is 0 Å².